The second kappa shape index (κ2) is 9.57. The van der Waals surface area contributed by atoms with Crippen molar-refractivity contribution in [3.8, 4) is 0 Å². The molecular weight excluding hydrogens is 436 g/mol. The van der Waals surface area contributed by atoms with Gasteiger partial charge in [-0.1, -0.05) is 36.4 Å². The average Bonchev–Trinajstić information content (AvgIpc) is 2.96. The number of aromatic nitrogens is 1. The highest BCUT2D eigenvalue weighted by atomic mass is 19.4. The van der Waals surface area contributed by atoms with Crippen LogP contribution in [-0.2, 0) is 26.8 Å². The number of benzene rings is 1. The molecular formula is C23H26BF3N2O4. The molecule has 1 aromatic heterocycles. The quantitative estimate of drug-likeness (QED) is 0.610. The van der Waals surface area contributed by atoms with Crippen molar-refractivity contribution < 1.29 is 32.0 Å². The van der Waals surface area contributed by atoms with Gasteiger partial charge in [0.2, 0.25) is 0 Å². The standard InChI is InChI=1S/C23H26BF3N2O4/c1-21(2)22(3,4)33-24(32-21)18(12-17-13-28-11-10-19(17)23(25,26)27)14-29-20(30)31-15-16-8-6-5-7-9-16/h5-13H,14-15H2,1-4H3,(H,29,30). The van der Waals surface area contributed by atoms with Crippen LogP contribution in [0.1, 0.15) is 44.4 Å². The molecule has 0 saturated carbocycles. The summed E-state index contributed by atoms with van der Waals surface area (Å²) in [7, 11) is -0.967. The third-order valence-electron chi connectivity index (χ3n) is 5.70. The van der Waals surface area contributed by atoms with Crippen LogP contribution < -0.4 is 5.32 Å². The van der Waals surface area contributed by atoms with Gasteiger partial charge in [-0.15, -0.1) is 0 Å². The van der Waals surface area contributed by atoms with Crippen LogP contribution in [0.3, 0.4) is 0 Å². The van der Waals surface area contributed by atoms with E-state index in [0.717, 1.165) is 24.0 Å². The zero-order chi connectivity index (χ0) is 24.3. The van der Waals surface area contributed by atoms with E-state index >= 15 is 0 Å². The van der Waals surface area contributed by atoms with Crippen LogP contribution in [0.5, 0.6) is 0 Å². The molecule has 0 unspecified atom stereocenters. The van der Waals surface area contributed by atoms with Gasteiger partial charge in [-0.25, -0.2) is 4.79 Å². The van der Waals surface area contributed by atoms with E-state index in [1.807, 2.05) is 58.0 Å². The summed E-state index contributed by atoms with van der Waals surface area (Å²) in [6.45, 7) is 7.24. The van der Waals surface area contributed by atoms with Crippen molar-refractivity contribution in [1.29, 1.82) is 0 Å². The summed E-state index contributed by atoms with van der Waals surface area (Å²) >= 11 is 0. The van der Waals surface area contributed by atoms with Crippen molar-refractivity contribution >= 4 is 19.3 Å². The van der Waals surface area contributed by atoms with Gasteiger partial charge in [0.05, 0.1) is 16.8 Å². The van der Waals surface area contributed by atoms with Crippen LogP contribution in [0.2, 0.25) is 0 Å². The van der Waals surface area contributed by atoms with Crippen molar-refractivity contribution in [3.05, 3.63) is 71.0 Å². The number of alkyl halides is 3. The van der Waals surface area contributed by atoms with Gasteiger partial charge < -0.3 is 19.4 Å². The Morgan fingerprint density at radius 3 is 2.36 bits per heavy atom. The van der Waals surface area contributed by atoms with Crippen LogP contribution in [0.15, 0.2) is 54.3 Å². The summed E-state index contributed by atoms with van der Waals surface area (Å²) in [6, 6.07) is 10.0. The van der Waals surface area contributed by atoms with Crippen LogP contribution in [0.25, 0.3) is 6.08 Å². The lowest BCUT2D eigenvalue weighted by atomic mass is 9.76. The lowest BCUT2D eigenvalue weighted by Crippen LogP contribution is -2.41. The first-order valence-electron chi connectivity index (χ1n) is 10.4. The van der Waals surface area contributed by atoms with E-state index in [1.54, 1.807) is 0 Å². The zero-order valence-corrected chi connectivity index (χ0v) is 18.9. The first-order chi connectivity index (χ1) is 15.4. The Bertz CT molecular complexity index is 994. The van der Waals surface area contributed by atoms with E-state index < -0.39 is 36.2 Å². The summed E-state index contributed by atoms with van der Waals surface area (Å²) in [5.41, 5.74) is -1.34. The fourth-order valence-electron chi connectivity index (χ4n) is 3.12. The Kier molecular flexibility index (Phi) is 7.19. The monoisotopic (exact) mass is 462 g/mol. The normalized spacial score (nSPS) is 17.7. The van der Waals surface area contributed by atoms with Gasteiger partial charge in [0.25, 0.3) is 0 Å². The van der Waals surface area contributed by atoms with E-state index in [-0.39, 0.29) is 18.7 Å². The fourth-order valence-corrected chi connectivity index (χ4v) is 3.12. The van der Waals surface area contributed by atoms with Crippen molar-refractivity contribution in [2.24, 2.45) is 0 Å². The van der Waals surface area contributed by atoms with Crippen LogP contribution >= 0.6 is 0 Å². The molecule has 176 valence electrons. The molecule has 1 aliphatic heterocycles. The maximum atomic E-state index is 13.5. The van der Waals surface area contributed by atoms with Gasteiger partial charge in [-0.2, -0.15) is 13.2 Å². The summed E-state index contributed by atoms with van der Waals surface area (Å²) in [6.07, 6.45) is -1.81. The molecule has 2 heterocycles. The predicted octanol–water partition coefficient (Wildman–Crippen LogP) is 5.04. The SMILES string of the molecule is CC1(C)OB(C(=Cc2cnccc2C(F)(F)F)CNC(=O)OCc2ccccc2)OC1(C)C. The minimum absolute atomic E-state index is 0.0586. The second-order valence-electron chi connectivity index (χ2n) is 8.68. The number of rotatable bonds is 6. The minimum Gasteiger partial charge on any atom is -0.445 e. The molecule has 1 aromatic carbocycles. The summed E-state index contributed by atoms with van der Waals surface area (Å²) < 4.78 is 57.7. The van der Waals surface area contributed by atoms with Crippen molar-refractivity contribution in [1.82, 2.24) is 10.3 Å². The Hall–Kier alpha value is -2.85. The van der Waals surface area contributed by atoms with Gasteiger partial charge >= 0.3 is 19.4 Å². The molecule has 0 bridgehead atoms. The van der Waals surface area contributed by atoms with Gasteiger partial charge in [0.1, 0.15) is 6.61 Å². The Balaban J connectivity index is 1.81. The zero-order valence-electron chi connectivity index (χ0n) is 18.9. The lowest BCUT2D eigenvalue weighted by molar-refractivity contribution is -0.137. The molecule has 1 aliphatic rings. The number of hydrogen-bond donors (Lipinski definition) is 1. The Labute approximate surface area is 191 Å². The third-order valence-corrected chi connectivity index (χ3v) is 5.70. The number of carbonyl (C=O) groups is 1. The third kappa shape index (κ3) is 6.14. The molecule has 0 atom stereocenters. The topological polar surface area (TPSA) is 69.7 Å². The number of pyridine rings is 1. The minimum atomic E-state index is -4.57. The molecule has 1 saturated heterocycles. The number of carbonyl (C=O) groups excluding carboxylic acids is 1. The van der Waals surface area contributed by atoms with E-state index in [4.69, 9.17) is 14.0 Å². The highest BCUT2D eigenvalue weighted by Crippen LogP contribution is 2.39. The predicted molar refractivity (Wildman–Crippen MR) is 118 cm³/mol. The Morgan fingerprint density at radius 1 is 1.12 bits per heavy atom. The molecule has 1 amide bonds. The smallest absolute Gasteiger partial charge is 0.445 e. The lowest BCUT2D eigenvalue weighted by Gasteiger charge is -2.32. The molecule has 6 nitrogen and oxygen atoms in total. The maximum absolute atomic E-state index is 13.5. The largest absolute Gasteiger partial charge is 0.492 e. The number of nitrogens with one attached hydrogen (secondary N) is 1. The molecule has 33 heavy (non-hydrogen) atoms. The molecule has 0 aliphatic carbocycles. The molecule has 2 aromatic rings. The molecule has 0 spiro atoms. The summed E-state index contributed by atoms with van der Waals surface area (Å²) in [5, 5.41) is 2.57. The van der Waals surface area contributed by atoms with Gasteiger partial charge in [-0.05, 0) is 44.8 Å². The second-order valence-corrected chi connectivity index (χ2v) is 8.68. The van der Waals surface area contributed by atoms with Crippen LogP contribution in [0.4, 0.5) is 18.0 Å². The van der Waals surface area contributed by atoms with Gasteiger partial charge in [0, 0.05) is 24.5 Å². The van der Waals surface area contributed by atoms with Crippen LogP contribution in [0, 0.1) is 0 Å². The molecule has 0 radical (unpaired) electrons. The van der Waals surface area contributed by atoms with Crippen molar-refractivity contribution in [2.75, 3.05) is 6.54 Å². The average molecular weight is 462 g/mol. The molecule has 10 heteroatoms. The van der Waals surface area contributed by atoms with E-state index in [9.17, 15) is 18.0 Å². The first-order valence-corrected chi connectivity index (χ1v) is 10.4. The van der Waals surface area contributed by atoms with Gasteiger partial charge in [-0.3, -0.25) is 4.98 Å². The van der Waals surface area contributed by atoms with Crippen molar-refractivity contribution in [3.63, 3.8) is 0 Å². The number of alkyl carbamates (subject to hydrolysis) is 1. The van der Waals surface area contributed by atoms with Crippen LogP contribution in [-0.4, -0.2) is 35.9 Å². The number of ether oxygens (including phenoxy) is 1. The summed E-state index contributed by atoms with van der Waals surface area (Å²) in [4.78, 5) is 16.1. The molecule has 1 fully saturated rings. The van der Waals surface area contributed by atoms with Gasteiger partial charge in [0.15, 0.2) is 0 Å². The summed E-state index contributed by atoms with van der Waals surface area (Å²) in [5.74, 6) is 0. The Morgan fingerprint density at radius 2 is 1.76 bits per heavy atom. The molecule has 1 N–H and O–H groups in total. The highest BCUT2D eigenvalue weighted by molar-refractivity contribution is 6.56. The highest BCUT2D eigenvalue weighted by Gasteiger charge is 2.52. The number of amides is 1. The van der Waals surface area contributed by atoms with E-state index in [1.165, 1.54) is 6.08 Å². The number of halogens is 3. The fraction of sp³-hybridized carbons (Fsp3) is 0.391. The van der Waals surface area contributed by atoms with E-state index in [2.05, 4.69) is 10.3 Å². The first kappa shape index (κ1) is 24.8. The maximum Gasteiger partial charge on any atom is 0.492 e. The molecule has 3 rings (SSSR count). The number of hydrogen-bond acceptors (Lipinski definition) is 5. The number of nitrogens with zero attached hydrogens (tertiary/aromatic N) is 1. The van der Waals surface area contributed by atoms with E-state index in [0.29, 0.717) is 5.47 Å². The van der Waals surface area contributed by atoms with Crippen molar-refractivity contribution in [2.45, 2.75) is 51.7 Å².